The molecule has 1 aliphatic heterocycles. The van der Waals surface area contributed by atoms with Crippen LogP contribution in [0, 0.1) is 0 Å². The molecule has 0 amide bonds. The quantitative estimate of drug-likeness (QED) is 0.648. The van der Waals surface area contributed by atoms with Gasteiger partial charge in [-0.2, -0.15) is 0 Å². The molecule has 3 nitrogen and oxygen atoms in total. The number of cyclic esters (lactones) is 1. The average Bonchev–Trinajstić information content (AvgIpc) is 2.30. The summed E-state index contributed by atoms with van der Waals surface area (Å²) in [6.45, 7) is 3.81. The highest BCUT2D eigenvalue weighted by atomic mass is 16.5. The smallest absolute Gasteiger partial charge is 0.336 e. The topological polar surface area (TPSA) is 52.3 Å². The van der Waals surface area contributed by atoms with Crippen molar-refractivity contribution in [3.63, 3.8) is 0 Å². The molecule has 0 aliphatic carbocycles. The molecule has 0 saturated heterocycles. The van der Waals surface area contributed by atoms with Gasteiger partial charge in [0, 0.05) is 0 Å². The molecule has 3 heteroatoms. The Balaban J connectivity index is 2.55. The van der Waals surface area contributed by atoms with Crippen molar-refractivity contribution in [2.24, 2.45) is 5.73 Å². The van der Waals surface area contributed by atoms with E-state index in [0.717, 1.165) is 19.3 Å². The molecule has 0 aromatic carbocycles. The van der Waals surface area contributed by atoms with Gasteiger partial charge >= 0.3 is 5.97 Å². The Bertz CT molecular complexity index is 221. The number of ether oxygens (including phenoxy) is 1. The zero-order valence-electron chi connectivity index (χ0n) is 7.59. The van der Waals surface area contributed by atoms with Crippen molar-refractivity contribution < 1.29 is 9.53 Å². The van der Waals surface area contributed by atoms with Crippen LogP contribution < -0.4 is 5.73 Å². The molecular weight excluding hydrogens is 154 g/mol. The molecule has 2 N–H and O–H groups in total. The van der Waals surface area contributed by atoms with Crippen LogP contribution in [-0.4, -0.2) is 12.1 Å². The summed E-state index contributed by atoms with van der Waals surface area (Å²) in [5.41, 5.74) is 6.89. The molecule has 0 aromatic heterocycles. The lowest BCUT2D eigenvalue weighted by molar-refractivity contribution is -0.139. The summed E-state index contributed by atoms with van der Waals surface area (Å²) >= 11 is 0. The van der Waals surface area contributed by atoms with Gasteiger partial charge in [0.1, 0.15) is 6.10 Å². The van der Waals surface area contributed by atoms with Gasteiger partial charge in [0.05, 0.1) is 11.3 Å². The minimum absolute atomic E-state index is 0.155. The predicted octanol–water partition coefficient (Wildman–Crippen LogP) is 1.33. The first-order valence-electron chi connectivity index (χ1n) is 4.34. The third-order valence-corrected chi connectivity index (χ3v) is 2.16. The van der Waals surface area contributed by atoms with E-state index in [-0.39, 0.29) is 12.1 Å². The maximum atomic E-state index is 11.0. The summed E-state index contributed by atoms with van der Waals surface area (Å²) in [6, 6.07) is 0. The SMILES string of the molecule is CCCCC1OC(=O)C(C)=C1N. The standard InChI is InChI=1S/C9H15NO2/c1-3-4-5-7-8(10)6(2)9(11)12-7/h7H,3-5,10H2,1-2H3. The van der Waals surface area contributed by atoms with E-state index in [1.165, 1.54) is 0 Å². The Morgan fingerprint density at radius 3 is 2.67 bits per heavy atom. The highest BCUT2D eigenvalue weighted by Gasteiger charge is 2.28. The molecule has 0 bridgehead atoms. The first kappa shape index (κ1) is 9.10. The summed E-state index contributed by atoms with van der Waals surface area (Å²) in [5, 5.41) is 0. The molecule has 0 radical (unpaired) electrons. The number of carbonyl (C=O) groups excluding carboxylic acids is 1. The number of hydrogen-bond donors (Lipinski definition) is 1. The Labute approximate surface area is 72.6 Å². The van der Waals surface area contributed by atoms with Crippen molar-refractivity contribution in [2.75, 3.05) is 0 Å². The van der Waals surface area contributed by atoms with Crippen LogP contribution in [-0.2, 0) is 9.53 Å². The van der Waals surface area contributed by atoms with Gasteiger partial charge in [-0.3, -0.25) is 0 Å². The van der Waals surface area contributed by atoms with Gasteiger partial charge in [0.25, 0.3) is 0 Å². The van der Waals surface area contributed by atoms with Crippen LogP contribution in [0.4, 0.5) is 0 Å². The van der Waals surface area contributed by atoms with Crippen LogP contribution in [0.5, 0.6) is 0 Å². The molecule has 68 valence electrons. The molecule has 1 atom stereocenters. The van der Waals surface area contributed by atoms with E-state index in [2.05, 4.69) is 6.92 Å². The normalized spacial score (nSPS) is 23.2. The minimum atomic E-state index is -0.256. The lowest BCUT2D eigenvalue weighted by Crippen LogP contribution is -2.16. The molecular formula is C9H15NO2. The monoisotopic (exact) mass is 169 g/mol. The van der Waals surface area contributed by atoms with Crippen molar-refractivity contribution in [3.8, 4) is 0 Å². The summed E-state index contributed by atoms with van der Waals surface area (Å²) < 4.78 is 5.05. The fraction of sp³-hybridized carbons (Fsp3) is 0.667. The zero-order valence-corrected chi connectivity index (χ0v) is 7.59. The molecule has 0 saturated carbocycles. The van der Waals surface area contributed by atoms with Gasteiger partial charge in [-0.25, -0.2) is 4.79 Å². The van der Waals surface area contributed by atoms with Crippen LogP contribution >= 0.6 is 0 Å². The second-order valence-electron chi connectivity index (χ2n) is 3.12. The molecule has 1 heterocycles. The van der Waals surface area contributed by atoms with Crippen LogP contribution in [0.3, 0.4) is 0 Å². The lowest BCUT2D eigenvalue weighted by Gasteiger charge is -2.09. The van der Waals surface area contributed by atoms with Gasteiger partial charge in [0.15, 0.2) is 0 Å². The van der Waals surface area contributed by atoms with E-state index >= 15 is 0 Å². The Kier molecular flexibility index (Phi) is 2.74. The third kappa shape index (κ3) is 1.60. The Morgan fingerprint density at radius 1 is 1.58 bits per heavy atom. The van der Waals surface area contributed by atoms with Crippen molar-refractivity contribution in [3.05, 3.63) is 11.3 Å². The predicted molar refractivity (Wildman–Crippen MR) is 46.3 cm³/mol. The second-order valence-corrected chi connectivity index (χ2v) is 3.12. The fourth-order valence-corrected chi connectivity index (χ4v) is 1.24. The van der Waals surface area contributed by atoms with E-state index < -0.39 is 0 Å². The van der Waals surface area contributed by atoms with Crippen LogP contribution in [0.1, 0.15) is 33.1 Å². The molecule has 1 aliphatic rings. The number of unbranched alkanes of at least 4 members (excludes halogenated alkanes) is 1. The van der Waals surface area contributed by atoms with Gasteiger partial charge < -0.3 is 10.5 Å². The van der Waals surface area contributed by atoms with Crippen molar-refractivity contribution in [1.29, 1.82) is 0 Å². The van der Waals surface area contributed by atoms with Crippen molar-refractivity contribution >= 4 is 5.97 Å². The first-order valence-corrected chi connectivity index (χ1v) is 4.34. The van der Waals surface area contributed by atoms with Gasteiger partial charge in [-0.1, -0.05) is 13.3 Å². The molecule has 0 spiro atoms. The maximum Gasteiger partial charge on any atom is 0.336 e. The molecule has 1 rings (SSSR count). The van der Waals surface area contributed by atoms with Gasteiger partial charge in [0.2, 0.25) is 0 Å². The molecule has 0 aromatic rings. The fourth-order valence-electron chi connectivity index (χ4n) is 1.24. The summed E-state index contributed by atoms with van der Waals surface area (Å²) in [5.74, 6) is -0.256. The van der Waals surface area contributed by atoms with E-state index in [1.54, 1.807) is 6.92 Å². The van der Waals surface area contributed by atoms with E-state index in [0.29, 0.717) is 11.3 Å². The van der Waals surface area contributed by atoms with Crippen LogP contribution in [0.15, 0.2) is 11.3 Å². The average molecular weight is 169 g/mol. The van der Waals surface area contributed by atoms with Gasteiger partial charge in [-0.05, 0) is 19.8 Å². The van der Waals surface area contributed by atoms with Crippen molar-refractivity contribution in [1.82, 2.24) is 0 Å². The van der Waals surface area contributed by atoms with E-state index in [9.17, 15) is 4.79 Å². The van der Waals surface area contributed by atoms with E-state index in [1.807, 2.05) is 0 Å². The minimum Gasteiger partial charge on any atom is -0.453 e. The highest BCUT2D eigenvalue weighted by Crippen LogP contribution is 2.21. The third-order valence-electron chi connectivity index (χ3n) is 2.16. The van der Waals surface area contributed by atoms with Crippen LogP contribution in [0.25, 0.3) is 0 Å². The molecule has 0 fully saturated rings. The number of nitrogens with two attached hydrogens (primary N) is 1. The van der Waals surface area contributed by atoms with Crippen molar-refractivity contribution in [2.45, 2.75) is 39.2 Å². The van der Waals surface area contributed by atoms with Crippen LogP contribution in [0.2, 0.25) is 0 Å². The number of rotatable bonds is 3. The maximum absolute atomic E-state index is 11.0. The molecule has 12 heavy (non-hydrogen) atoms. The summed E-state index contributed by atoms with van der Waals surface area (Å²) in [4.78, 5) is 11.0. The highest BCUT2D eigenvalue weighted by molar-refractivity contribution is 5.91. The number of hydrogen-bond acceptors (Lipinski definition) is 3. The lowest BCUT2D eigenvalue weighted by atomic mass is 10.1. The molecule has 1 unspecified atom stereocenters. The number of carbonyl (C=O) groups is 1. The van der Waals surface area contributed by atoms with E-state index in [4.69, 9.17) is 10.5 Å². The summed E-state index contributed by atoms with van der Waals surface area (Å²) in [7, 11) is 0. The Hall–Kier alpha value is -0.990. The largest absolute Gasteiger partial charge is 0.453 e. The van der Waals surface area contributed by atoms with Gasteiger partial charge in [-0.15, -0.1) is 0 Å². The Morgan fingerprint density at radius 2 is 2.25 bits per heavy atom. The number of esters is 1. The summed E-state index contributed by atoms with van der Waals surface area (Å²) in [6.07, 6.45) is 2.84. The first-order chi connectivity index (χ1) is 5.66. The second kappa shape index (κ2) is 3.61. The zero-order chi connectivity index (χ0) is 9.14.